The van der Waals surface area contributed by atoms with E-state index >= 15 is 0 Å². The molecule has 0 saturated carbocycles. The van der Waals surface area contributed by atoms with E-state index in [-0.39, 0.29) is 11.9 Å². The summed E-state index contributed by atoms with van der Waals surface area (Å²) in [6, 6.07) is 5.18. The smallest absolute Gasteiger partial charge is 0.321 e. The van der Waals surface area contributed by atoms with Crippen molar-refractivity contribution in [1.82, 2.24) is 4.90 Å². The largest absolute Gasteiger partial charge is 0.388 e. The standard InChI is InChI=1S/C18H27N3O3/c1-12-6-7-13(19-15(22)17(2,3)4)10-14(12)20-16(23)21-9-8-18(5,24)11-21/h6-7,10,24H,8-9,11H2,1-5H3,(H,19,22)(H,20,23). The molecule has 0 aliphatic carbocycles. The minimum absolute atomic E-state index is 0.0841. The van der Waals surface area contributed by atoms with Crippen LogP contribution < -0.4 is 10.6 Å². The number of aliphatic hydroxyl groups is 1. The van der Waals surface area contributed by atoms with Gasteiger partial charge < -0.3 is 20.6 Å². The Kier molecular flexibility index (Phi) is 4.90. The first-order valence-corrected chi connectivity index (χ1v) is 8.18. The molecule has 0 spiro atoms. The van der Waals surface area contributed by atoms with Gasteiger partial charge in [-0.2, -0.15) is 0 Å². The molecule has 1 aliphatic rings. The van der Waals surface area contributed by atoms with E-state index < -0.39 is 11.0 Å². The molecule has 1 aromatic carbocycles. The van der Waals surface area contributed by atoms with E-state index in [1.165, 1.54) is 0 Å². The molecule has 1 heterocycles. The van der Waals surface area contributed by atoms with Crippen LogP contribution in [0.25, 0.3) is 0 Å². The van der Waals surface area contributed by atoms with Crippen molar-refractivity contribution in [2.75, 3.05) is 23.7 Å². The van der Waals surface area contributed by atoms with Gasteiger partial charge in [-0.3, -0.25) is 4.79 Å². The molecule has 0 radical (unpaired) electrons. The fraction of sp³-hybridized carbons (Fsp3) is 0.556. The van der Waals surface area contributed by atoms with Crippen molar-refractivity contribution in [1.29, 1.82) is 0 Å². The van der Waals surface area contributed by atoms with Gasteiger partial charge in [0.25, 0.3) is 0 Å². The minimum atomic E-state index is -0.824. The Morgan fingerprint density at radius 2 is 1.92 bits per heavy atom. The zero-order chi connectivity index (χ0) is 18.1. The third-order valence-corrected chi connectivity index (χ3v) is 4.16. The van der Waals surface area contributed by atoms with E-state index in [2.05, 4.69) is 10.6 Å². The first-order valence-electron chi connectivity index (χ1n) is 8.18. The Labute approximate surface area is 143 Å². The van der Waals surface area contributed by atoms with Crippen LogP contribution in [0.15, 0.2) is 18.2 Å². The van der Waals surface area contributed by atoms with Crippen molar-refractivity contribution in [3.63, 3.8) is 0 Å². The third kappa shape index (κ3) is 4.47. The zero-order valence-corrected chi connectivity index (χ0v) is 15.1. The summed E-state index contributed by atoms with van der Waals surface area (Å²) >= 11 is 0. The van der Waals surface area contributed by atoms with Gasteiger partial charge in [0.1, 0.15) is 0 Å². The summed E-state index contributed by atoms with van der Waals surface area (Å²) in [7, 11) is 0. The molecule has 132 valence electrons. The van der Waals surface area contributed by atoms with E-state index in [0.29, 0.717) is 30.9 Å². The molecule has 6 heteroatoms. The SMILES string of the molecule is Cc1ccc(NC(=O)C(C)(C)C)cc1NC(=O)N1CCC(C)(O)C1. The molecule has 0 aromatic heterocycles. The number of carbonyl (C=O) groups is 2. The fourth-order valence-electron chi connectivity index (χ4n) is 2.47. The highest BCUT2D eigenvalue weighted by atomic mass is 16.3. The van der Waals surface area contributed by atoms with Gasteiger partial charge in [0.2, 0.25) is 5.91 Å². The van der Waals surface area contributed by atoms with E-state index in [4.69, 9.17) is 0 Å². The van der Waals surface area contributed by atoms with Crippen LogP contribution in [0.1, 0.15) is 39.7 Å². The van der Waals surface area contributed by atoms with Crippen LogP contribution in [0.4, 0.5) is 16.2 Å². The molecular weight excluding hydrogens is 306 g/mol. The molecule has 2 rings (SSSR count). The quantitative estimate of drug-likeness (QED) is 0.778. The van der Waals surface area contributed by atoms with Gasteiger partial charge in [-0.1, -0.05) is 26.8 Å². The molecule has 1 saturated heterocycles. The molecule has 24 heavy (non-hydrogen) atoms. The lowest BCUT2D eigenvalue weighted by Crippen LogP contribution is -2.36. The minimum Gasteiger partial charge on any atom is -0.388 e. The van der Waals surface area contributed by atoms with Gasteiger partial charge in [0.05, 0.1) is 12.1 Å². The monoisotopic (exact) mass is 333 g/mol. The van der Waals surface area contributed by atoms with Gasteiger partial charge in [-0.25, -0.2) is 4.79 Å². The second kappa shape index (κ2) is 6.43. The predicted molar refractivity (Wildman–Crippen MR) is 95.1 cm³/mol. The van der Waals surface area contributed by atoms with Crippen molar-refractivity contribution in [3.8, 4) is 0 Å². The van der Waals surface area contributed by atoms with Gasteiger partial charge in [0, 0.05) is 23.3 Å². The number of likely N-dealkylation sites (tertiary alicyclic amines) is 1. The lowest BCUT2D eigenvalue weighted by atomic mass is 9.95. The Hall–Kier alpha value is -2.08. The summed E-state index contributed by atoms with van der Waals surface area (Å²) in [5.74, 6) is -0.0841. The maximum atomic E-state index is 12.4. The number of amides is 3. The Bertz CT molecular complexity index is 647. The Morgan fingerprint density at radius 3 is 2.46 bits per heavy atom. The molecule has 3 amide bonds. The van der Waals surface area contributed by atoms with Gasteiger partial charge in [-0.05, 0) is 38.0 Å². The average molecular weight is 333 g/mol. The highest BCUT2D eigenvalue weighted by Crippen LogP contribution is 2.25. The normalized spacial score (nSPS) is 20.8. The lowest BCUT2D eigenvalue weighted by Gasteiger charge is -2.21. The highest BCUT2D eigenvalue weighted by Gasteiger charge is 2.34. The molecule has 1 aliphatic heterocycles. The maximum absolute atomic E-state index is 12.4. The van der Waals surface area contributed by atoms with Crippen LogP contribution in [0.5, 0.6) is 0 Å². The predicted octanol–water partition coefficient (Wildman–Crippen LogP) is 2.97. The molecule has 1 fully saturated rings. The summed E-state index contributed by atoms with van der Waals surface area (Å²) in [4.78, 5) is 26.1. The summed E-state index contributed by atoms with van der Waals surface area (Å²) in [6.45, 7) is 10.0. The number of hydrogen-bond acceptors (Lipinski definition) is 3. The number of carbonyl (C=O) groups excluding carboxylic acids is 2. The molecule has 0 bridgehead atoms. The Morgan fingerprint density at radius 1 is 1.25 bits per heavy atom. The van der Waals surface area contributed by atoms with Crippen LogP contribution in [0.2, 0.25) is 0 Å². The van der Waals surface area contributed by atoms with E-state index in [9.17, 15) is 14.7 Å². The van der Waals surface area contributed by atoms with Crippen LogP contribution >= 0.6 is 0 Å². The number of rotatable bonds is 2. The highest BCUT2D eigenvalue weighted by molar-refractivity contribution is 5.96. The number of urea groups is 1. The zero-order valence-electron chi connectivity index (χ0n) is 15.1. The third-order valence-electron chi connectivity index (χ3n) is 4.16. The van der Waals surface area contributed by atoms with Crippen molar-refractivity contribution >= 4 is 23.3 Å². The van der Waals surface area contributed by atoms with E-state index in [1.807, 2.05) is 39.8 Å². The molecule has 6 nitrogen and oxygen atoms in total. The van der Waals surface area contributed by atoms with Crippen molar-refractivity contribution in [2.45, 2.75) is 46.6 Å². The number of aryl methyl sites for hydroxylation is 1. The first-order chi connectivity index (χ1) is 11.0. The number of benzene rings is 1. The van der Waals surface area contributed by atoms with Crippen molar-refractivity contribution in [2.24, 2.45) is 5.41 Å². The number of anilines is 2. The molecule has 3 N–H and O–H groups in total. The molecular formula is C18H27N3O3. The summed E-state index contributed by atoms with van der Waals surface area (Å²) < 4.78 is 0. The van der Waals surface area contributed by atoms with Crippen LogP contribution in [-0.4, -0.2) is 40.6 Å². The van der Waals surface area contributed by atoms with Gasteiger partial charge >= 0.3 is 6.03 Å². The molecule has 1 atom stereocenters. The van der Waals surface area contributed by atoms with Crippen LogP contribution in [-0.2, 0) is 4.79 Å². The number of nitrogens with zero attached hydrogens (tertiary/aromatic N) is 1. The lowest BCUT2D eigenvalue weighted by molar-refractivity contribution is -0.123. The van der Waals surface area contributed by atoms with E-state index in [1.54, 1.807) is 17.9 Å². The van der Waals surface area contributed by atoms with Gasteiger partial charge in [-0.15, -0.1) is 0 Å². The first kappa shape index (κ1) is 18.3. The second-order valence-electron chi connectivity index (χ2n) is 7.83. The molecule has 1 aromatic rings. The summed E-state index contributed by atoms with van der Waals surface area (Å²) in [6.07, 6.45) is 0.571. The van der Waals surface area contributed by atoms with E-state index in [0.717, 1.165) is 5.56 Å². The number of hydrogen-bond donors (Lipinski definition) is 3. The van der Waals surface area contributed by atoms with Crippen molar-refractivity contribution in [3.05, 3.63) is 23.8 Å². The Balaban J connectivity index is 2.09. The second-order valence-corrected chi connectivity index (χ2v) is 7.83. The maximum Gasteiger partial charge on any atom is 0.321 e. The van der Waals surface area contributed by atoms with Crippen LogP contribution in [0, 0.1) is 12.3 Å². The topological polar surface area (TPSA) is 81.7 Å². The van der Waals surface area contributed by atoms with Gasteiger partial charge in [0.15, 0.2) is 0 Å². The van der Waals surface area contributed by atoms with Crippen molar-refractivity contribution < 1.29 is 14.7 Å². The fourth-order valence-corrected chi connectivity index (χ4v) is 2.47. The number of nitrogens with one attached hydrogen (secondary N) is 2. The number of β-amino-alcohol motifs (C(OH)–C–C–N with tert-alkyl or cyclic N) is 1. The van der Waals surface area contributed by atoms with Crippen LogP contribution in [0.3, 0.4) is 0 Å². The molecule has 1 unspecified atom stereocenters. The summed E-state index contributed by atoms with van der Waals surface area (Å²) in [5.41, 5.74) is 0.884. The summed E-state index contributed by atoms with van der Waals surface area (Å²) in [5, 5.41) is 15.7. The average Bonchev–Trinajstić information content (AvgIpc) is 2.82.